The van der Waals surface area contributed by atoms with Crippen molar-refractivity contribution >= 4 is 27.2 Å². The smallest absolute Gasteiger partial charge is 0.243 e. The lowest BCUT2D eigenvalue weighted by atomic mass is 9.90. The van der Waals surface area contributed by atoms with Crippen LogP contribution in [0.25, 0.3) is 10.9 Å². The summed E-state index contributed by atoms with van der Waals surface area (Å²) >= 11 is 0. The lowest BCUT2D eigenvalue weighted by Gasteiger charge is -2.33. The van der Waals surface area contributed by atoms with E-state index in [1.54, 1.807) is 12.1 Å². The summed E-state index contributed by atoms with van der Waals surface area (Å²) in [5, 5.41) is 1.10. The van der Waals surface area contributed by atoms with Crippen LogP contribution in [0.1, 0.15) is 34.7 Å². The van der Waals surface area contributed by atoms with Gasteiger partial charge in [-0.15, -0.1) is 0 Å². The van der Waals surface area contributed by atoms with Gasteiger partial charge in [0.2, 0.25) is 10.0 Å². The first kappa shape index (κ1) is 21.6. The Balaban J connectivity index is 1.65. The first-order valence-corrected chi connectivity index (χ1v) is 12.6. The van der Waals surface area contributed by atoms with E-state index in [0.717, 1.165) is 39.6 Å². The number of carbonyl (C=O) groups excluding carboxylic acids is 1. The zero-order chi connectivity index (χ0) is 23.0. The molecule has 4 aromatic rings. The summed E-state index contributed by atoms with van der Waals surface area (Å²) in [4.78, 5) is 11.9. The van der Waals surface area contributed by atoms with Crippen molar-refractivity contribution in [3.8, 4) is 0 Å². The Kier molecular flexibility index (Phi) is 5.64. The molecule has 0 aliphatic carbocycles. The van der Waals surface area contributed by atoms with Crippen molar-refractivity contribution in [2.24, 2.45) is 0 Å². The summed E-state index contributed by atoms with van der Waals surface area (Å²) in [7, 11) is -3.70. The fraction of sp³-hybridized carbons (Fsp3) is 0.222. The van der Waals surface area contributed by atoms with Crippen molar-refractivity contribution in [2.45, 2.75) is 37.2 Å². The number of fused-ring (bicyclic) bond motifs is 3. The van der Waals surface area contributed by atoms with E-state index in [9.17, 15) is 13.2 Å². The molecule has 0 N–H and O–H groups in total. The SMILES string of the molecule is Cc1ccc(S(=O)(=O)N2Cc3c(c4ccccc4n3Cc3ccccc3)[C@@H](CC=O)C2)cc1. The lowest BCUT2D eigenvalue weighted by Crippen LogP contribution is -2.39. The number of aromatic nitrogens is 1. The zero-order valence-electron chi connectivity index (χ0n) is 18.5. The van der Waals surface area contributed by atoms with Crippen LogP contribution in [0.15, 0.2) is 83.8 Å². The first-order valence-electron chi connectivity index (χ1n) is 11.1. The first-order chi connectivity index (χ1) is 16.0. The molecule has 6 heteroatoms. The number of sulfonamides is 1. The van der Waals surface area contributed by atoms with Gasteiger partial charge in [-0.3, -0.25) is 0 Å². The minimum Gasteiger partial charge on any atom is -0.339 e. The highest BCUT2D eigenvalue weighted by atomic mass is 32.2. The van der Waals surface area contributed by atoms with Crippen LogP contribution in [0.3, 0.4) is 0 Å². The second kappa shape index (κ2) is 8.61. The lowest BCUT2D eigenvalue weighted by molar-refractivity contribution is -0.108. The summed E-state index contributed by atoms with van der Waals surface area (Å²) < 4.78 is 30.9. The third-order valence-corrected chi connectivity index (χ3v) is 8.33. The molecule has 0 fully saturated rings. The average molecular weight is 459 g/mol. The summed E-state index contributed by atoms with van der Waals surface area (Å²) in [6, 6.07) is 25.3. The number of aryl methyl sites for hydroxylation is 1. The Bertz CT molecular complexity index is 1410. The molecule has 0 spiro atoms. The van der Waals surface area contributed by atoms with Gasteiger partial charge in [-0.25, -0.2) is 8.42 Å². The van der Waals surface area contributed by atoms with Crippen LogP contribution < -0.4 is 0 Å². The molecule has 0 radical (unpaired) electrons. The number of nitrogens with zero attached hydrogens (tertiary/aromatic N) is 2. The number of para-hydroxylation sites is 1. The van der Waals surface area contributed by atoms with Crippen LogP contribution in [0.4, 0.5) is 0 Å². The van der Waals surface area contributed by atoms with E-state index in [0.29, 0.717) is 13.1 Å². The van der Waals surface area contributed by atoms with Gasteiger partial charge in [0.15, 0.2) is 0 Å². The van der Waals surface area contributed by atoms with Gasteiger partial charge in [-0.05, 0) is 36.2 Å². The third kappa shape index (κ3) is 3.90. The number of benzene rings is 3. The van der Waals surface area contributed by atoms with Crippen LogP contribution in [-0.2, 0) is 27.9 Å². The molecule has 33 heavy (non-hydrogen) atoms. The topological polar surface area (TPSA) is 59.4 Å². The number of carbonyl (C=O) groups is 1. The number of aldehydes is 1. The monoisotopic (exact) mass is 458 g/mol. The summed E-state index contributed by atoms with van der Waals surface area (Å²) in [5.74, 6) is -0.187. The van der Waals surface area contributed by atoms with Gasteiger partial charge in [0.25, 0.3) is 0 Å². The second-order valence-corrected chi connectivity index (χ2v) is 10.6. The van der Waals surface area contributed by atoms with E-state index in [4.69, 9.17) is 0 Å². The van der Waals surface area contributed by atoms with Crippen molar-refractivity contribution in [2.75, 3.05) is 6.54 Å². The quantitative estimate of drug-likeness (QED) is 0.387. The summed E-state index contributed by atoms with van der Waals surface area (Å²) in [6.45, 7) is 3.15. The maximum atomic E-state index is 13.6. The fourth-order valence-corrected chi connectivity index (χ4v) is 6.32. The standard InChI is InChI=1S/C27H26N2O3S/c1-20-11-13-23(14-12-20)33(31,32)28-18-22(15-16-30)27-24-9-5-6-10-25(24)29(26(27)19-28)17-21-7-3-2-4-8-21/h2-14,16,22H,15,17-19H2,1H3/t22-/m0/s1. The number of hydrogen-bond donors (Lipinski definition) is 0. The summed E-state index contributed by atoms with van der Waals surface area (Å²) in [6.07, 6.45) is 1.19. The van der Waals surface area contributed by atoms with Gasteiger partial charge < -0.3 is 9.36 Å². The van der Waals surface area contributed by atoms with Crippen LogP contribution in [0.5, 0.6) is 0 Å². The molecule has 1 aromatic heterocycles. The maximum absolute atomic E-state index is 13.6. The molecule has 0 saturated heterocycles. The van der Waals surface area contributed by atoms with E-state index >= 15 is 0 Å². The molecule has 0 unspecified atom stereocenters. The molecule has 0 bridgehead atoms. The van der Waals surface area contributed by atoms with Crippen molar-refractivity contribution in [3.05, 3.63) is 101 Å². The molecule has 3 aromatic carbocycles. The van der Waals surface area contributed by atoms with Gasteiger partial charge in [-0.2, -0.15) is 4.31 Å². The van der Waals surface area contributed by atoms with Gasteiger partial charge in [0, 0.05) is 42.0 Å². The molecule has 1 aliphatic heterocycles. The molecule has 0 amide bonds. The van der Waals surface area contributed by atoms with E-state index < -0.39 is 10.0 Å². The zero-order valence-corrected chi connectivity index (χ0v) is 19.3. The highest BCUT2D eigenvalue weighted by molar-refractivity contribution is 7.89. The molecular formula is C27H26N2O3S. The molecule has 1 atom stereocenters. The second-order valence-electron chi connectivity index (χ2n) is 8.66. The highest BCUT2D eigenvalue weighted by Crippen LogP contribution is 2.40. The van der Waals surface area contributed by atoms with Crippen molar-refractivity contribution in [3.63, 3.8) is 0 Å². The van der Waals surface area contributed by atoms with Gasteiger partial charge in [0.1, 0.15) is 6.29 Å². The Morgan fingerprint density at radius 3 is 2.36 bits per heavy atom. The van der Waals surface area contributed by atoms with Crippen LogP contribution >= 0.6 is 0 Å². The maximum Gasteiger partial charge on any atom is 0.243 e. The van der Waals surface area contributed by atoms with Gasteiger partial charge in [0.05, 0.1) is 11.4 Å². The molecule has 1 aliphatic rings. The van der Waals surface area contributed by atoms with E-state index in [-0.39, 0.29) is 23.8 Å². The Hall–Kier alpha value is -3.22. The number of hydrogen-bond acceptors (Lipinski definition) is 3. The largest absolute Gasteiger partial charge is 0.339 e. The minimum absolute atomic E-state index is 0.187. The highest BCUT2D eigenvalue weighted by Gasteiger charge is 2.36. The average Bonchev–Trinajstić information content (AvgIpc) is 3.14. The summed E-state index contributed by atoms with van der Waals surface area (Å²) in [5.41, 5.74) is 5.29. The normalized spacial score (nSPS) is 16.6. The van der Waals surface area contributed by atoms with E-state index in [1.165, 1.54) is 4.31 Å². The van der Waals surface area contributed by atoms with Gasteiger partial charge >= 0.3 is 0 Å². The predicted octanol–water partition coefficient (Wildman–Crippen LogP) is 4.88. The van der Waals surface area contributed by atoms with Crippen LogP contribution in [0.2, 0.25) is 0 Å². The van der Waals surface area contributed by atoms with Crippen molar-refractivity contribution in [1.29, 1.82) is 0 Å². The minimum atomic E-state index is -3.70. The third-order valence-electron chi connectivity index (χ3n) is 6.50. The fourth-order valence-electron chi connectivity index (χ4n) is 4.88. The number of rotatable bonds is 6. The van der Waals surface area contributed by atoms with Gasteiger partial charge in [-0.1, -0.05) is 66.2 Å². The Morgan fingerprint density at radius 2 is 1.64 bits per heavy atom. The molecule has 5 rings (SSSR count). The molecule has 2 heterocycles. The molecule has 168 valence electrons. The molecule has 5 nitrogen and oxygen atoms in total. The van der Waals surface area contributed by atoms with Crippen LogP contribution in [0, 0.1) is 6.92 Å². The molecular weight excluding hydrogens is 432 g/mol. The van der Waals surface area contributed by atoms with Crippen LogP contribution in [-0.4, -0.2) is 30.1 Å². The predicted molar refractivity (Wildman–Crippen MR) is 130 cm³/mol. The van der Waals surface area contributed by atoms with Crippen molar-refractivity contribution in [1.82, 2.24) is 8.87 Å². The van der Waals surface area contributed by atoms with E-state index in [2.05, 4.69) is 28.8 Å². The van der Waals surface area contributed by atoms with E-state index in [1.807, 2.05) is 49.4 Å². The van der Waals surface area contributed by atoms with Crippen molar-refractivity contribution < 1.29 is 13.2 Å². The molecule has 0 saturated carbocycles. The Labute approximate surface area is 194 Å². The Morgan fingerprint density at radius 1 is 0.939 bits per heavy atom.